The quantitative estimate of drug-likeness (QED) is 0.889. The van der Waals surface area contributed by atoms with Crippen molar-refractivity contribution in [3.05, 3.63) is 17.8 Å². The molecule has 1 unspecified atom stereocenters. The van der Waals surface area contributed by atoms with Crippen molar-refractivity contribution in [2.75, 3.05) is 18.5 Å². The summed E-state index contributed by atoms with van der Waals surface area (Å²) in [5, 5.41) is 5.77. The fourth-order valence-corrected chi connectivity index (χ4v) is 3.19. The lowest BCUT2D eigenvalue weighted by Crippen LogP contribution is -2.42. The molecule has 5 nitrogen and oxygen atoms in total. The van der Waals surface area contributed by atoms with Gasteiger partial charge in [-0.15, -0.1) is 11.3 Å². The zero-order chi connectivity index (χ0) is 12.5. The Balaban J connectivity index is 2.03. The number of hydrogen-bond donors (Lipinski definition) is 1. The number of fused-ring (bicyclic) bond motifs is 1. The van der Waals surface area contributed by atoms with Crippen LogP contribution in [0.25, 0.3) is 10.2 Å². The molecule has 18 heavy (non-hydrogen) atoms. The molecule has 2 aromatic heterocycles. The van der Waals surface area contributed by atoms with Gasteiger partial charge in [-0.1, -0.05) is 0 Å². The highest BCUT2D eigenvalue weighted by molar-refractivity contribution is 7.16. The van der Waals surface area contributed by atoms with Crippen LogP contribution in [-0.2, 0) is 4.79 Å². The Labute approximate surface area is 109 Å². The highest BCUT2D eigenvalue weighted by Crippen LogP contribution is 2.31. The third-order valence-corrected chi connectivity index (χ3v) is 4.14. The minimum Gasteiger partial charge on any atom is -0.357 e. The van der Waals surface area contributed by atoms with Crippen LogP contribution < -0.4 is 10.2 Å². The van der Waals surface area contributed by atoms with Crippen LogP contribution >= 0.6 is 11.3 Å². The van der Waals surface area contributed by atoms with Crippen molar-refractivity contribution in [3.8, 4) is 0 Å². The van der Waals surface area contributed by atoms with Crippen molar-refractivity contribution >= 4 is 33.3 Å². The molecule has 0 bridgehead atoms. The smallest absolute Gasteiger partial charge is 0.242 e. The SMILES string of the molecule is CNC(=O)C1CCCN1c1ncnc2sccc12. The lowest BCUT2D eigenvalue weighted by molar-refractivity contribution is -0.121. The van der Waals surface area contributed by atoms with E-state index in [0.717, 1.165) is 35.4 Å². The zero-order valence-corrected chi connectivity index (χ0v) is 10.9. The second kappa shape index (κ2) is 4.53. The van der Waals surface area contributed by atoms with E-state index in [2.05, 4.69) is 20.2 Å². The molecule has 0 aliphatic carbocycles. The van der Waals surface area contributed by atoms with Crippen LogP contribution in [0.3, 0.4) is 0 Å². The summed E-state index contributed by atoms with van der Waals surface area (Å²) in [5.41, 5.74) is 0. The van der Waals surface area contributed by atoms with Gasteiger partial charge in [-0.25, -0.2) is 9.97 Å². The maximum atomic E-state index is 11.9. The number of carbonyl (C=O) groups is 1. The lowest BCUT2D eigenvalue weighted by atomic mass is 10.2. The normalized spacial score (nSPS) is 19.4. The Morgan fingerprint density at radius 1 is 1.56 bits per heavy atom. The van der Waals surface area contributed by atoms with Crippen LogP contribution in [0.5, 0.6) is 0 Å². The van der Waals surface area contributed by atoms with Gasteiger partial charge in [0.05, 0.1) is 5.39 Å². The summed E-state index contributed by atoms with van der Waals surface area (Å²) in [6.07, 6.45) is 3.48. The molecule has 1 saturated heterocycles. The molecule has 0 saturated carbocycles. The van der Waals surface area contributed by atoms with Crippen molar-refractivity contribution in [2.45, 2.75) is 18.9 Å². The van der Waals surface area contributed by atoms with Gasteiger partial charge in [0, 0.05) is 13.6 Å². The van der Waals surface area contributed by atoms with E-state index in [9.17, 15) is 4.79 Å². The molecule has 1 amide bonds. The number of thiophene rings is 1. The van der Waals surface area contributed by atoms with Crippen molar-refractivity contribution in [3.63, 3.8) is 0 Å². The minimum atomic E-state index is -0.104. The second-order valence-electron chi connectivity index (χ2n) is 4.30. The van der Waals surface area contributed by atoms with Gasteiger partial charge in [0.25, 0.3) is 0 Å². The topological polar surface area (TPSA) is 58.1 Å². The molecule has 3 heterocycles. The van der Waals surface area contributed by atoms with E-state index in [1.54, 1.807) is 24.7 Å². The van der Waals surface area contributed by atoms with Crippen molar-refractivity contribution < 1.29 is 4.79 Å². The first-order valence-corrected chi connectivity index (χ1v) is 6.85. The molecule has 6 heteroatoms. The van der Waals surface area contributed by atoms with E-state index in [-0.39, 0.29) is 11.9 Å². The number of amides is 1. The van der Waals surface area contributed by atoms with Crippen molar-refractivity contribution in [1.82, 2.24) is 15.3 Å². The van der Waals surface area contributed by atoms with Gasteiger partial charge < -0.3 is 10.2 Å². The maximum Gasteiger partial charge on any atom is 0.242 e. The maximum absolute atomic E-state index is 11.9. The van der Waals surface area contributed by atoms with Gasteiger partial charge in [-0.3, -0.25) is 4.79 Å². The Morgan fingerprint density at radius 2 is 2.44 bits per heavy atom. The van der Waals surface area contributed by atoms with Crippen LogP contribution in [0.4, 0.5) is 5.82 Å². The standard InChI is InChI=1S/C12H14N4OS/c1-13-11(17)9-3-2-5-16(9)10-8-4-6-18-12(8)15-7-14-10/h4,6-7,9H,2-3,5H2,1H3,(H,13,17). The largest absolute Gasteiger partial charge is 0.357 e. The molecule has 2 aromatic rings. The van der Waals surface area contributed by atoms with Gasteiger partial charge in [-0.05, 0) is 24.3 Å². The molecule has 1 atom stereocenters. The molecule has 1 fully saturated rings. The summed E-state index contributed by atoms with van der Waals surface area (Å²) in [6.45, 7) is 0.875. The van der Waals surface area contributed by atoms with Crippen LogP contribution in [0.15, 0.2) is 17.8 Å². The van der Waals surface area contributed by atoms with Crippen LogP contribution in [0, 0.1) is 0 Å². The number of carbonyl (C=O) groups excluding carboxylic acids is 1. The molecule has 94 valence electrons. The van der Waals surface area contributed by atoms with Crippen molar-refractivity contribution in [1.29, 1.82) is 0 Å². The number of nitrogens with zero attached hydrogens (tertiary/aromatic N) is 3. The highest BCUT2D eigenvalue weighted by Gasteiger charge is 2.32. The minimum absolute atomic E-state index is 0.0643. The van der Waals surface area contributed by atoms with Gasteiger partial charge in [0.15, 0.2) is 0 Å². The van der Waals surface area contributed by atoms with Crippen LogP contribution in [0.2, 0.25) is 0 Å². The zero-order valence-electron chi connectivity index (χ0n) is 10.1. The summed E-state index contributed by atoms with van der Waals surface area (Å²) in [4.78, 5) is 23.6. The van der Waals surface area contributed by atoms with Gasteiger partial charge >= 0.3 is 0 Å². The van der Waals surface area contributed by atoms with Gasteiger partial charge in [0.2, 0.25) is 5.91 Å². The van der Waals surface area contributed by atoms with E-state index in [4.69, 9.17) is 0 Å². The fraction of sp³-hybridized carbons (Fsp3) is 0.417. The average Bonchev–Trinajstić information content (AvgIpc) is 3.05. The molecule has 0 radical (unpaired) electrons. The molecular weight excluding hydrogens is 248 g/mol. The number of rotatable bonds is 2. The Bertz CT molecular complexity index is 582. The first-order chi connectivity index (χ1) is 8.81. The molecule has 0 spiro atoms. The lowest BCUT2D eigenvalue weighted by Gasteiger charge is -2.24. The Kier molecular flexibility index (Phi) is 2.87. The Hall–Kier alpha value is -1.69. The third kappa shape index (κ3) is 1.73. The second-order valence-corrected chi connectivity index (χ2v) is 5.20. The summed E-state index contributed by atoms with van der Waals surface area (Å²) in [5.74, 6) is 0.946. The number of nitrogens with one attached hydrogen (secondary N) is 1. The van der Waals surface area contributed by atoms with Gasteiger partial charge in [0.1, 0.15) is 23.0 Å². The first-order valence-electron chi connectivity index (χ1n) is 5.97. The van der Waals surface area contributed by atoms with E-state index < -0.39 is 0 Å². The van der Waals surface area contributed by atoms with Crippen molar-refractivity contribution in [2.24, 2.45) is 0 Å². The summed E-state index contributed by atoms with van der Waals surface area (Å²) in [7, 11) is 1.68. The predicted octanol–water partition coefficient (Wildman–Crippen LogP) is 1.41. The fourth-order valence-electron chi connectivity index (χ4n) is 2.47. The van der Waals surface area contributed by atoms with E-state index in [0.29, 0.717) is 0 Å². The summed E-state index contributed by atoms with van der Waals surface area (Å²) in [6, 6.07) is 1.92. The average molecular weight is 262 g/mol. The Morgan fingerprint density at radius 3 is 3.28 bits per heavy atom. The molecule has 1 aliphatic rings. The molecule has 1 aliphatic heterocycles. The molecule has 1 N–H and O–H groups in total. The monoisotopic (exact) mass is 262 g/mol. The van der Waals surface area contributed by atoms with E-state index >= 15 is 0 Å². The molecule has 0 aromatic carbocycles. The summed E-state index contributed by atoms with van der Waals surface area (Å²) >= 11 is 1.60. The number of hydrogen-bond acceptors (Lipinski definition) is 5. The highest BCUT2D eigenvalue weighted by atomic mass is 32.1. The van der Waals surface area contributed by atoms with Gasteiger partial charge in [-0.2, -0.15) is 0 Å². The third-order valence-electron chi connectivity index (χ3n) is 3.31. The van der Waals surface area contributed by atoms with Crippen LogP contribution in [0.1, 0.15) is 12.8 Å². The van der Waals surface area contributed by atoms with Crippen LogP contribution in [-0.4, -0.2) is 35.5 Å². The van der Waals surface area contributed by atoms with E-state index in [1.807, 2.05) is 11.4 Å². The number of aromatic nitrogens is 2. The molecular formula is C12H14N4OS. The number of anilines is 1. The predicted molar refractivity (Wildman–Crippen MR) is 71.8 cm³/mol. The molecule has 3 rings (SSSR count). The number of likely N-dealkylation sites (N-methyl/N-ethyl adjacent to an activating group) is 1. The summed E-state index contributed by atoms with van der Waals surface area (Å²) < 4.78 is 0. The van der Waals surface area contributed by atoms with E-state index in [1.165, 1.54) is 0 Å². The first kappa shape index (κ1) is 11.4.